The van der Waals surface area contributed by atoms with E-state index in [0.29, 0.717) is 10.2 Å². The molecule has 3 aromatic rings. The smallest absolute Gasteiger partial charge is 0.307 e. The zero-order valence-corrected chi connectivity index (χ0v) is 17.6. The molecule has 3 rings (SSSR count). The van der Waals surface area contributed by atoms with Gasteiger partial charge >= 0.3 is 4.87 Å². The third-order valence-corrected chi connectivity index (χ3v) is 6.34. The van der Waals surface area contributed by atoms with E-state index in [-0.39, 0.29) is 26.9 Å². The molecule has 0 atom stereocenters. The largest absolute Gasteiger partial charge is 0.347 e. The quantitative estimate of drug-likeness (QED) is 0.679. The number of hydrogen-bond acceptors (Lipinski definition) is 5. The second kappa shape index (κ2) is 7.06. The number of fused-ring (bicyclic) bond motifs is 1. The predicted octanol–water partition coefficient (Wildman–Crippen LogP) is 2.93. The molecule has 2 N–H and O–H groups in total. The summed E-state index contributed by atoms with van der Waals surface area (Å²) in [5, 5.41) is 2.82. The second-order valence-corrected chi connectivity index (χ2v) is 10.1. The normalized spacial score (nSPS) is 12.1. The first-order valence-corrected chi connectivity index (χ1v) is 10.8. The first-order chi connectivity index (χ1) is 13.0. The summed E-state index contributed by atoms with van der Waals surface area (Å²) in [6, 6.07) is 10.9. The molecule has 28 heavy (non-hydrogen) atoms. The summed E-state index contributed by atoms with van der Waals surface area (Å²) in [4.78, 5) is 24.2. The fourth-order valence-corrected chi connectivity index (χ4v) is 4.76. The standard InChI is InChI=1S/C19H21N3O4S2/c1-19(2,3)20-17(23)13-7-5-6-8-14(13)21-28(25,26)12-9-10-15-16(11-12)27-18(24)22(15)4/h5-11,21H,1-4H3,(H,20,23). The molecule has 148 valence electrons. The number of benzene rings is 2. The van der Waals surface area contributed by atoms with E-state index in [2.05, 4.69) is 10.0 Å². The van der Waals surface area contributed by atoms with Crippen molar-refractivity contribution in [2.75, 3.05) is 4.72 Å². The highest BCUT2D eigenvalue weighted by atomic mass is 32.2. The summed E-state index contributed by atoms with van der Waals surface area (Å²) >= 11 is 0.981. The average molecular weight is 420 g/mol. The average Bonchev–Trinajstić information content (AvgIpc) is 2.87. The fraction of sp³-hybridized carbons (Fsp3) is 0.263. The Morgan fingerprint density at radius 3 is 2.46 bits per heavy atom. The highest BCUT2D eigenvalue weighted by Gasteiger charge is 2.22. The van der Waals surface area contributed by atoms with Crippen molar-refractivity contribution in [2.24, 2.45) is 7.05 Å². The SMILES string of the molecule is Cn1c(=O)sc2cc(S(=O)(=O)Nc3ccccc3C(=O)NC(C)(C)C)ccc21. The Balaban J connectivity index is 1.97. The lowest BCUT2D eigenvalue weighted by Crippen LogP contribution is -2.40. The van der Waals surface area contributed by atoms with Gasteiger partial charge in [0.2, 0.25) is 0 Å². The Morgan fingerprint density at radius 1 is 1.11 bits per heavy atom. The van der Waals surface area contributed by atoms with Crippen molar-refractivity contribution in [2.45, 2.75) is 31.2 Å². The van der Waals surface area contributed by atoms with Crippen LogP contribution >= 0.6 is 11.3 Å². The third-order valence-electron chi connectivity index (χ3n) is 3.98. The number of sulfonamides is 1. The van der Waals surface area contributed by atoms with Crippen LogP contribution in [0, 0.1) is 0 Å². The van der Waals surface area contributed by atoms with Gasteiger partial charge in [-0.15, -0.1) is 0 Å². The Morgan fingerprint density at radius 2 is 1.79 bits per heavy atom. The number of aromatic nitrogens is 1. The molecule has 1 heterocycles. The van der Waals surface area contributed by atoms with Crippen LogP contribution in [0.4, 0.5) is 5.69 Å². The number of carbonyl (C=O) groups excluding carboxylic acids is 1. The van der Waals surface area contributed by atoms with Gasteiger partial charge in [-0.3, -0.25) is 14.3 Å². The minimum atomic E-state index is -3.94. The number of carbonyl (C=O) groups is 1. The predicted molar refractivity (Wildman–Crippen MR) is 112 cm³/mol. The number of aryl methyl sites for hydroxylation is 1. The molecule has 0 fully saturated rings. The lowest BCUT2D eigenvalue weighted by atomic mass is 10.1. The molecule has 0 bridgehead atoms. The molecule has 1 amide bonds. The molecule has 0 aliphatic carbocycles. The van der Waals surface area contributed by atoms with Crippen LogP contribution in [-0.4, -0.2) is 24.4 Å². The van der Waals surface area contributed by atoms with Gasteiger partial charge in [-0.05, 0) is 51.1 Å². The van der Waals surface area contributed by atoms with Crippen LogP contribution in [0.25, 0.3) is 10.2 Å². The van der Waals surface area contributed by atoms with Crippen molar-refractivity contribution >= 4 is 43.2 Å². The van der Waals surface area contributed by atoms with Crippen LogP contribution in [0.2, 0.25) is 0 Å². The zero-order valence-electron chi connectivity index (χ0n) is 15.9. The van der Waals surface area contributed by atoms with Gasteiger partial charge in [0.25, 0.3) is 15.9 Å². The fourth-order valence-electron chi connectivity index (χ4n) is 2.66. The maximum absolute atomic E-state index is 12.9. The van der Waals surface area contributed by atoms with Crippen LogP contribution in [0.5, 0.6) is 0 Å². The molecule has 0 aliphatic rings. The van der Waals surface area contributed by atoms with E-state index in [1.54, 1.807) is 31.3 Å². The first-order valence-electron chi connectivity index (χ1n) is 8.52. The summed E-state index contributed by atoms with van der Waals surface area (Å²) in [5.41, 5.74) is 0.620. The van der Waals surface area contributed by atoms with Crippen LogP contribution in [0.15, 0.2) is 52.2 Å². The van der Waals surface area contributed by atoms with Crippen molar-refractivity contribution in [1.82, 2.24) is 9.88 Å². The van der Waals surface area contributed by atoms with Crippen molar-refractivity contribution in [1.29, 1.82) is 0 Å². The number of amides is 1. The number of hydrogen-bond donors (Lipinski definition) is 2. The van der Waals surface area contributed by atoms with Gasteiger partial charge in [0.05, 0.1) is 26.4 Å². The lowest BCUT2D eigenvalue weighted by Gasteiger charge is -2.21. The maximum atomic E-state index is 12.9. The van der Waals surface area contributed by atoms with Gasteiger partial charge in [-0.25, -0.2) is 8.42 Å². The second-order valence-electron chi connectivity index (χ2n) is 7.41. The van der Waals surface area contributed by atoms with E-state index >= 15 is 0 Å². The summed E-state index contributed by atoms with van der Waals surface area (Å²) < 4.78 is 30.3. The van der Waals surface area contributed by atoms with Crippen LogP contribution in [0.1, 0.15) is 31.1 Å². The van der Waals surface area contributed by atoms with Crippen LogP contribution in [-0.2, 0) is 17.1 Å². The van der Waals surface area contributed by atoms with Crippen molar-refractivity contribution in [3.05, 3.63) is 57.7 Å². The monoisotopic (exact) mass is 419 g/mol. The molecule has 0 unspecified atom stereocenters. The molecule has 1 aromatic heterocycles. The zero-order chi connectivity index (χ0) is 20.7. The Bertz CT molecular complexity index is 1220. The van der Waals surface area contributed by atoms with E-state index in [9.17, 15) is 18.0 Å². The molecule has 0 saturated carbocycles. The number of anilines is 1. The van der Waals surface area contributed by atoms with Crippen molar-refractivity contribution in [3.8, 4) is 0 Å². The molecule has 0 aliphatic heterocycles. The summed E-state index contributed by atoms with van der Waals surface area (Å²) in [5.74, 6) is -0.373. The molecular weight excluding hydrogens is 398 g/mol. The van der Waals surface area contributed by atoms with E-state index in [1.165, 1.54) is 22.8 Å². The van der Waals surface area contributed by atoms with Crippen molar-refractivity contribution in [3.63, 3.8) is 0 Å². The summed E-state index contributed by atoms with van der Waals surface area (Å²) in [6.45, 7) is 5.54. The number of nitrogens with one attached hydrogen (secondary N) is 2. The molecular formula is C19H21N3O4S2. The van der Waals surface area contributed by atoms with Gasteiger partial charge in [-0.2, -0.15) is 0 Å². The Hall–Kier alpha value is -2.65. The van der Waals surface area contributed by atoms with E-state index < -0.39 is 15.6 Å². The summed E-state index contributed by atoms with van der Waals surface area (Å²) in [6.07, 6.45) is 0. The van der Waals surface area contributed by atoms with Crippen molar-refractivity contribution < 1.29 is 13.2 Å². The third kappa shape index (κ3) is 4.10. The Labute approximate surface area is 167 Å². The van der Waals surface area contributed by atoms with Gasteiger partial charge < -0.3 is 9.88 Å². The van der Waals surface area contributed by atoms with Gasteiger partial charge in [0, 0.05) is 12.6 Å². The molecule has 0 radical (unpaired) electrons. The molecule has 0 spiro atoms. The minimum absolute atomic E-state index is 0.0212. The highest BCUT2D eigenvalue weighted by molar-refractivity contribution is 7.92. The van der Waals surface area contributed by atoms with Gasteiger partial charge in [0.15, 0.2) is 0 Å². The van der Waals surface area contributed by atoms with Gasteiger partial charge in [-0.1, -0.05) is 23.5 Å². The molecule has 9 heteroatoms. The maximum Gasteiger partial charge on any atom is 0.307 e. The number of thiazole rings is 1. The molecule has 2 aromatic carbocycles. The van der Waals surface area contributed by atoms with Gasteiger partial charge in [0.1, 0.15) is 0 Å². The minimum Gasteiger partial charge on any atom is -0.347 e. The number of nitrogens with zero attached hydrogens (tertiary/aromatic N) is 1. The van der Waals surface area contributed by atoms with Crippen LogP contribution in [0.3, 0.4) is 0 Å². The van der Waals surface area contributed by atoms with Crippen LogP contribution < -0.4 is 14.9 Å². The lowest BCUT2D eigenvalue weighted by molar-refractivity contribution is 0.0920. The number of para-hydroxylation sites is 1. The molecule has 0 saturated heterocycles. The topological polar surface area (TPSA) is 97.3 Å². The number of rotatable bonds is 4. The molecule has 7 nitrogen and oxygen atoms in total. The van der Waals surface area contributed by atoms with E-state index in [1.807, 2.05) is 20.8 Å². The first kappa shape index (κ1) is 20.1. The summed E-state index contributed by atoms with van der Waals surface area (Å²) in [7, 11) is -2.31. The van der Waals surface area contributed by atoms with E-state index in [0.717, 1.165) is 11.3 Å². The highest BCUT2D eigenvalue weighted by Crippen LogP contribution is 2.24. The Kier molecular flexibility index (Phi) is 5.07. The van der Waals surface area contributed by atoms with E-state index in [4.69, 9.17) is 0 Å².